The third-order valence-electron chi connectivity index (χ3n) is 5.39. The molecule has 0 atom stereocenters. The number of piperazine rings is 1. The number of carbonyl (C=O) groups excluding carboxylic acids is 2. The van der Waals surface area contributed by atoms with Crippen molar-refractivity contribution in [2.24, 2.45) is 0 Å². The number of ether oxygens (including phenoxy) is 1. The number of amides is 2. The average molecular weight is 403 g/mol. The van der Waals surface area contributed by atoms with Crippen LogP contribution in [0.2, 0.25) is 0 Å². The monoisotopic (exact) mass is 403 g/mol. The Morgan fingerprint density at radius 2 is 1.69 bits per heavy atom. The Hall–Kier alpha value is -2.25. The maximum absolute atomic E-state index is 13.4. The van der Waals surface area contributed by atoms with E-state index in [4.69, 9.17) is 4.74 Å². The molecular formula is C22H30FN3O3. The summed E-state index contributed by atoms with van der Waals surface area (Å²) < 4.78 is 19.0. The number of hydrogen-bond acceptors (Lipinski definition) is 5. The van der Waals surface area contributed by atoms with Crippen molar-refractivity contribution in [1.82, 2.24) is 14.7 Å². The zero-order chi connectivity index (χ0) is 21.0. The van der Waals surface area contributed by atoms with Crippen molar-refractivity contribution in [3.63, 3.8) is 0 Å². The van der Waals surface area contributed by atoms with Crippen molar-refractivity contribution in [2.45, 2.75) is 33.3 Å². The normalized spacial score (nSPS) is 18.5. The number of likely N-dealkylation sites (N-methyl/N-ethyl adjacent to an activating group) is 1. The third-order valence-corrected chi connectivity index (χ3v) is 5.39. The van der Waals surface area contributed by atoms with Crippen molar-refractivity contribution in [3.8, 4) is 0 Å². The number of carbonyl (C=O) groups is 2. The molecule has 0 aliphatic carbocycles. The molecule has 7 heteroatoms. The fraction of sp³-hybridized carbons (Fsp3) is 0.545. The molecule has 0 saturated carbocycles. The summed E-state index contributed by atoms with van der Waals surface area (Å²) in [4.78, 5) is 32.0. The Kier molecular flexibility index (Phi) is 7.03. The number of nitrogens with zero attached hydrogens (tertiary/aromatic N) is 3. The number of halogens is 1. The largest absolute Gasteiger partial charge is 0.379 e. The average Bonchev–Trinajstić information content (AvgIpc) is 2.96. The Morgan fingerprint density at radius 3 is 2.28 bits per heavy atom. The lowest BCUT2D eigenvalue weighted by molar-refractivity contribution is -0.137. The van der Waals surface area contributed by atoms with E-state index in [9.17, 15) is 14.0 Å². The summed E-state index contributed by atoms with van der Waals surface area (Å²) >= 11 is 0. The summed E-state index contributed by atoms with van der Waals surface area (Å²) in [6.07, 6.45) is 0.696. The van der Waals surface area contributed by atoms with Gasteiger partial charge >= 0.3 is 0 Å². The maximum Gasteiger partial charge on any atom is 0.277 e. The van der Waals surface area contributed by atoms with Gasteiger partial charge in [0, 0.05) is 39.3 Å². The molecule has 0 spiro atoms. The van der Waals surface area contributed by atoms with Crippen molar-refractivity contribution >= 4 is 17.4 Å². The molecule has 6 nitrogen and oxygen atoms in total. The minimum atomic E-state index is -0.369. The lowest BCUT2D eigenvalue weighted by Gasteiger charge is -2.36. The molecule has 2 aliphatic heterocycles. The summed E-state index contributed by atoms with van der Waals surface area (Å²) in [6.45, 7) is 10.9. The van der Waals surface area contributed by atoms with E-state index in [1.807, 2.05) is 18.7 Å². The second-order valence-electron chi connectivity index (χ2n) is 7.69. The molecule has 1 aromatic rings. The highest BCUT2D eigenvalue weighted by Gasteiger charge is 2.41. The van der Waals surface area contributed by atoms with Crippen molar-refractivity contribution in [3.05, 3.63) is 41.3 Å². The zero-order valence-corrected chi connectivity index (χ0v) is 17.5. The highest BCUT2D eigenvalue weighted by molar-refractivity contribution is 6.35. The third kappa shape index (κ3) is 4.85. The topological polar surface area (TPSA) is 53.1 Å². The Labute approximate surface area is 171 Å². The lowest BCUT2D eigenvalue weighted by Crippen LogP contribution is -2.47. The van der Waals surface area contributed by atoms with Crippen LogP contribution in [-0.2, 0) is 14.3 Å². The number of imide groups is 1. The smallest absolute Gasteiger partial charge is 0.277 e. The van der Waals surface area contributed by atoms with Crippen molar-refractivity contribution in [2.75, 3.05) is 45.9 Å². The van der Waals surface area contributed by atoms with Crippen LogP contribution in [0.3, 0.4) is 0 Å². The standard InChI is InChI=1S/C22H30FN3O3/c1-4-24-11-13-25(14-12-24)20-19(17-6-8-18(23)9-7-17)21(27)26(22(20)28)10-5-15-29-16(2)3/h6-9,16H,4-5,10-15H2,1-3H3. The molecule has 1 fully saturated rings. The first-order valence-electron chi connectivity index (χ1n) is 10.4. The van der Waals surface area contributed by atoms with Gasteiger partial charge < -0.3 is 14.5 Å². The first kappa shape index (κ1) is 21.5. The van der Waals surface area contributed by atoms with Crippen LogP contribution in [0.5, 0.6) is 0 Å². The van der Waals surface area contributed by atoms with E-state index in [1.165, 1.54) is 17.0 Å². The van der Waals surface area contributed by atoms with Crippen LogP contribution in [0, 0.1) is 5.82 Å². The zero-order valence-electron chi connectivity index (χ0n) is 17.5. The SMILES string of the molecule is CCN1CCN(C2=C(c3ccc(F)cc3)C(=O)N(CCCOC(C)C)C2=O)CC1. The van der Waals surface area contributed by atoms with Gasteiger partial charge in [-0.3, -0.25) is 14.5 Å². The van der Waals surface area contributed by atoms with Gasteiger partial charge in [0.05, 0.1) is 11.7 Å². The summed E-state index contributed by atoms with van der Waals surface area (Å²) in [7, 11) is 0. The predicted octanol–water partition coefficient (Wildman–Crippen LogP) is 2.36. The van der Waals surface area contributed by atoms with Crippen molar-refractivity contribution < 1.29 is 18.7 Å². The van der Waals surface area contributed by atoms with Gasteiger partial charge in [-0.25, -0.2) is 4.39 Å². The first-order chi connectivity index (χ1) is 13.9. The van der Waals surface area contributed by atoms with Gasteiger partial charge in [0.2, 0.25) is 0 Å². The van der Waals surface area contributed by atoms with Crippen LogP contribution in [-0.4, -0.2) is 78.5 Å². The molecule has 158 valence electrons. The predicted molar refractivity (Wildman–Crippen MR) is 109 cm³/mol. The van der Waals surface area contributed by atoms with E-state index in [0.29, 0.717) is 49.5 Å². The van der Waals surface area contributed by atoms with Crippen LogP contribution in [0.15, 0.2) is 30.0 Å². The summed E-state index contributed by atoms with van der Waals surface area (Å²) in [6, 6.07) is 5.80. The molecule has 0 N–H and O–H groups in total. The highest BCUT2D eigenvalue weighted by atomic mass is 19.1. The van der Waals surface area contributed by atoms with Gasteiger partial charge in [0.15, 0.2) is 0 Å². The number of rotatable bonds is 8. The highest BCUT2D eigenvalue weighted by Crippen LogP contribution is 2.32. The summed E-state index contributed by atoms with van der Waals surface area (Å²) in [5.41, 5.74) is 1.41. The van der Waals surface area contributed by atoms with Crippen LogP contribution in [0.4, 0.5) is 4.39 Å². The van der Waals surface area contributed by atoms with Crippen LogP contribution in [0.1, 0.15) is 32.8 Å². The molecule has 2 amide bonds. The Morgan fingerprint density at radius 1 is 1.03 bits per heavy atom. The Bertz CT molecular complexity index is 768. The van der Waals surface area contributed by atoms with Gasteiger partial charge in [0.1, 0.15) is 11.5 Å². The fourth-order valence-electron chi connectivity index (χ4n) is 3.77. The number of benzene rings is 1. The fourth-order valence-corrected chi connectivity index (χ4v) is 3.77. The second kappa shape index (κ2) is 9.50. The van der Waals surface area contributed by atoms with Crippen LogP contribution < -0.4 is 0 Å². The van der Waals surface area contributed by atoms with Gasteiger partial charge in [-0.1, -0.05) is 19.1 Å². The molecule has 0 unspecified atom stereocenters. The van der Waals surface area contributed by atoms with Crippen LogP contribution in [0.25, 0.3) is 5.57 Å². The molecule has 2 aliphatic rings. The van der Waals surface area contributed by atoms with Gasteiger partial charge in [-0.05, 0) is 44.5 Å². The van der Waals surface area contributed by atoms with Crippen molar-refractivity contribution in [1.29, 1.82) is 0 Å². The Balaban J connectivity index is 1.85. The van der Waals surface area contributed by atoms with E-state index in [2.05, 4.69) is 11.8 Å². The summed E-state index contributed by atoms with van der Waals surface area (Å²) in [5.74, 6) is -0.935. The van der Waals surface area contributed by atoms with E-state index in [-0.39, 0.29) is 23.7 Å². The molecule has 0 radical (unpaired) electrons. The minimum Gasteiger partial charge on any atom is -0.379 e. The molecular weight excluding hydrogens is 373 g/mol. The molecule has 1 saturated heterocycles. The second-order valence-corrected chi connectivity index (χ2v) is 7.69. The number of hydrogen-bond donors (Lipinski definition) is 0. The van der Waals surface area contributed by atoms with E-state index in [1.54, 1.807) is 12.1 Å². The molecule has 0 aromatic heterocycles. The van der Waals surface area contributed by atoms with E-state index < -0.39 is 0 Å². The van der Waals surface area contributed by atoms with Gasteiger partial charge in [0.25, 0.3) is 11.8 Å². The first-order valence-corrected chi connectivity index (χ1v) is 10.4. The minimum absolute atomic E-state index is 0.110. The van der Waals surface area contributed by atoms with E-state index in [0.717, 1.165) is 19.6 Å². The summed E-state index contributed by atoms with van der Waals surface area (Å²) in [5, 5.41) is 0. The van der Waals surface area contributed by atoms with Gasteiger partial charge in [-0.15, -0.1) is 0 Å². The maximum atomic E-state index is 13.4. The van der Waals surface area contributed by atoms with E-state index >= 15 is 0 Å². The van der Waals surface area contributed by atoms with Gasteiger partial charge in [-0.2, -0.15) is 0 Å². The molecule has 0 bridgehead atoms. The molecule has 1 aromatic carbocycles. The van der Waals surface area contributed by atoms with Crippen LogP contribution >= 0.6 is 0 Å². The quantitative estimate of drug-likeness (QED) is 0.493. The molecule has 29 heavy (non-hydrogen) atoms. The molecule has 2 heterocycles. The lowest BCUT2D eigenvalue weighted by atomic mass is 10.0. The molecule has 3 rings (SSSR count).